The fourth-order valence-electron chi connectivity index (χ4n) is 3.80. The number of furan rings is 1. The minimum absolute atomic E-state index is 0.266. The summed E-state index contributed by atoms with van der Waals surface area (Å²) in [4.78, 5) is 24.7. The number of esters is 2. The molecule has 0 fully saturated rings. The quantitative estimate of drug-likeness (QED) is 0.157. The number of carbonyl (C=O) groups is 2. The molecule has 0 amide bonds. The molecule has 184 valence electrons. The van der Waals surface area contributed by atoms with E-state index in [4.69, 9.17) is 13.9 Å². The Balaban J connectivity index is 2.46. The minimum atomic E-state index is -0.297. The summed E-state index contributed by atoms with van der Waals surface area (Å²) in [5.74, 6) is 0.990. The number of unbranched alkanes of at least 4 members (excludes halogenated alkanes) is 12. The molecule has 0 atom stereocenters. The molecule has 1 heterocycles. The first-order valence-corrected chi connectivity index (χ1v) is 13.1. The van der Waals surface area contributed by atoms with Crippen molar-refractivity contribution in [2.45, 2.75) is 137 Å². The summed E-state index contributed by atoms with van der Waals surface area (Å²) < 4.78 is 16.9. The lowest BCUT2D eigenvalue weighted by Crippen LogP contribution is -2.12. The second-order valence-electron chi connectivity index (χ2n) is 8.78. The van der Waals surface area contributed by atoms with Gasteiger partial charge in [0.1, 0.15) is 5.76 Å². The molecule has 0 unspecified atom stereocenters. The van der Waals surface area contributed by atoms with Gasteiger partial charge in [-0.1, -0.05) is 97.8 Å². The molecule has 0 spiro atoms. The summed E-state index contributed by atoms with van der Waals surface area (Å²) in [5, 5.41) is 0. The van der Waals surface area contributed by atoms with Crippen molar-refractivity contribution >= 4 is 11.9 Å². The van der Waals surface area contributed by atoms with Gasteiger partial charge in [0.15, 0.2) is 5.76 Å². The van der Waals surface area contributed by atoms with Gasteiger partial charge in [0.25, 0.3) is 0 Å². The van der Waals surface area contributed by atoms with Gasteiger partial charge in [-0.15, -0.1) is 0 Å². The van der Waals surface area contributed by atoms with E-state index in [0.717, 1.165) is 38.5 Å². The molecule has 1 aromatic heterocycles. The van der Waals surface area contributed by atoms with Gasteiger partial charge in [0.2, 0.25) is 11.5 Å². The standard InChI is InChI=1S/C27H46O5/c1-5-8-10-12-14-16-18-20-24(28)31-26-22(4)30-23(7-3)27(26)32-25(29)21-19-17-15-13-11-9-6-2/h5-21H2,1-4H3. The Morgan fingerprint density at radius 2 is 1.03 bits per heavy atom. The maximum Gasteiger partial charge on any atom is 0.311 e. The topological polar surface area (TPSA) is 65.7 Å². The lowest BCUT2D eigenvalue weighted by atomic mass is 10.1. The van der Waals surface area contributed by atoms with E-state index in [1.54, 1.807) is 6.92 Å². The summed E-state index contributed by atoms with van der Waals surface area (Å²) in [6, 6.07) is 0. The van der Waals surface area contributed by atoms with Crippen LogP contribution in [0.3, 0.4) is 0 Å². The Labute approximate surface area is 195 Å². The molecule has 0 N–H and O–H groups in total. The lowest BCUT2D eigenvalue weighted by Gasteiger charge is -2.08. The number of hydrogen-bond donors (Lipinski definition) is 0. The van der Waals surface area contributed by atoms with Crippen molar-refractivity contribution in [2.24, 2.45) is 0 Å². The predicted molar refractivity (Wildman–Crippen MR) is 129 cm³/mol. The Kier molecular flexibility index (Phi) is 15.7. The highest BCUT2D eigenvalue weighted by molar-refractivity contribution is 5.77. The van der Waals surface area contributed by atoms with Crippen molar-refractivity contribution in [1.82, 2.24) is 0 Å². The fourth-order valence-corrected chi connectivity index (χ4v) is 3.80. The van der Waals surface area contributed by atoms with Crippen LogP contribution in [-0.2, 0) is 16.0 Å². The molecule has 1 aromatic rings. The van der Waals surface area contributed by atoms with Crippen LogP contribution in [-0.4, -0.2) is 11.9 Å². The molecule has 0 bridgehead atoms. The van der Waals surface area contributed by atoms with Crippen LogP contribution in [0.4, 0.5) is 0 Å². The number of ether oxygens (including phenoxy) is 2. The van der Waals surface area contributed by atoms with Crippen molar-refractivity contribution in [2.75, 3.05) is 0 Å². The highest BCUT2D eigenvalue weighted by Gasteiger charge is 2.24. The number of aryl methyl sites for hydroxylation is 2. The lowest BCUT2D eigenvalue weighted by molar-refractivity contribution is -0.137. The van der Waals surface area contributed by atoms with E-state index in [1.807, 2.05) is 6.92 Å². The van der Waals surface area contributed by atoms with Gasteiger partial charge in [-0.3, -0.25) is 9.59 Å². The van der Waals surface area contributed by atoms with Gasteiger partial charge in [0, 0.05) is 19.3 Å². The van der Waals surface area contributed by atoms with Crippen molar-refractivity contribution in [1.29, 1.82) is 0 Å². The van der Waals surface area contributed by atoms with E-state index < -0.39 is 0 Å². The third-order valence-corrected chi connectivity index (χ3v) is 5.78. The second kappa shape index (κ2) is 17.7. The first-order chi connectivity index (χ1) is 15.5. The van der Waals surface area contributed by atoms with E-state index in [9.17, 15) is 9.59 Å². The van der Waals surface area contributed by atoms with E-state index >= 15 is 0 Å². The Hall–Kier alpha value is -1.78. The molecule has 5 nitrogen and oxygen atoms in total. The molecule has 0 aliphatic heterocycles. The third kappa shape index (κ3) is 11.7. The molecule has 0 saturated carbocycles. The van der Waals surface area contributed by atoms with Crippen molar-refractivity contribution in [3.8, 4) is 11.5 Å². The van der Waals surface area contributed by atoms with Crippen molar-refractivity contribution < 1.29 is 23.5 Å². The number of rotatable bonds is 19. The van der Waals surface area contributed by atoms with E-state index in [0.29, 0.717) is 30.8 Å². The zero-order chi connectivity index (χ0) is 23.6. The first-order valence-electron chi connectivity index (χ1n) is 13.1. The van der Waals surface area contributed by atoms with E-state index in [-0.39, 0.29) is 23.4 Å². The molecule has 0 radical (unpaired) electrons. The Morgan fingerprint density at radius 1 is 0.625 bits per heavy atom. The van der Waals surface area contributed by atoms with Crippen LogP contribution in [0.1, 0.15) is 135 Å². The van der Waals surface area contributed by atoms with Gasteiger partial charge in [0.05, 0.1) is 0 Å². The van der Waals surface area contributed by atoms with Gasteiger partial charge in [-0.25, -0.2) is 0 Å². The molecular formula is C27H46O5. The molecule has 0 saturated heterocycles. The van der Waals surface area contributed by atoms with Crippen LogP contribution in [0.2, 0.25) is 0 Å². The maximum atomic E-state index is 12.4. The van der Waals surface area contributed by atoms with Crippen molar-refractivity contribution in [3.05, 3.63) is 11.5 Å². The molecule has 5 heteroatoms. The second-order valence-corrected chi connectivity index (χ2v) is 8.78. The highest BCUT2D eigenvalue weighted by atomic mass is 16.6. The molecule has 0 aliphatic rings. The largest absolute Gasteiger partial charge is 0.458 e. The van der Waals surface area contributed by atoms with Crippen LogP contribution < -0.4 is 9.47 Å². The van der Waals surface area contributed by atoms with E-state index in [1.165, 1.54) is 51.4 Å². The SMILES string of the molecule is CCCCCCCCCC(=O)Oc1c(C)oc(CC)c1OC(=O)CCCCCCCCC. The molecule has 0 aliphatic carbocycles. The van der Waals surface area contributed by atoms with Crippen molar-refractivity contribution in [3.63, 3.8) is 0 Å². The molecule has 1 rings (SSSR count). The molecule has 32 heavy (non-hydrogen) atoms. The van der Waals surface area contributed by atoms with Crippen LogP contribution in [0.15, 0.2) is 4.42 Å². The van der Waals surface area contributed by atoms with Crippen LogP contribution in [0.5, 0.6) is 11.5 Å². The van der Waals surface area contributed by atoms with Gasteiger partial charge in [-0.05, 0) is 19.8 Å². The third-order valence-electron chi connectivity index (χ3n) is 5.78. The zero-order valence-corrected chi connectivity index (χ0v) is 21.1. The number of carbonyl (C=O) groups excluding carboxylic acids is 2. The smallest absolute Gasteiger partial charge is 0.311 e. The van der Waals surface area contributed by atoms with E-state index in [2.05, 4.69) is 13.8 Å². The minimum Gasteiger partial charge on any atom is -0.458 e. The normalized spacial score (nSPS) is 11.0. The van der Waals surface area contributed by atoms with Gasteiger partial charge in [-0.2, -0.15) is 0 Å². The monoisotopic (exact) mass is 450 g/mol. The summed E-state index contributed by atoms with van der Waals surface area (Å²) in [5.41, 5.74) is 0. The summed E-state index contributed by atoms with van der Waals surface area (Å²) in [6.07, 6.45) is 17.3. The zero-order valence-electron chi connectivity index (χ0n) is 21.1. The number of hydrogen-bond acceptors (Lipinski definition) is 5. The summed E-state index contributed by atoms with van der Waals surface area (Å²) in [7, 11) is 0. The fraction of sp³-hybridized carbons (Fsp3) is 0.778. The first kappa shape index (κ1) is 28.3. The Morgan fingerprint density at radius 3 is 1.47 bits per heavy atom. The maximum absolute atomic E-state index is 12.4. The predicted octanol–water partition coefficient (Wildman–Crippen LogP) is 8.24. The summed E-state index contributed by atoms with van der Waals surface area (Å²) >= 11 is 0. The molecule has 0 aromatic carbocycles. The Bertz CT molecular complexity index is 647. The van der Waals surface area contributed by atoms with Crippen LogP contribution in [0.25, 0.3) is 0 Å². The van der Waals surface area contributed by atoms with Gasteiger partial charge >= 0.3 is 11.9 Å². The average Bonchev–Trinajstić information content (AvgIpc) is 3.06. The highest BCUT2D eigenvalue weighted by Crippen LogP contribution is 2.38. The van der Waals surface area contributed by atoms with Crippen LogP contribution in [0, 0.1) is 6.92 Å². The van der Waals surface area contributed by atoms with Crippen LogP contribution >= 0.6 is 0 Å². The molecular weight excluding hydrogens is 404 g/mol. The average molecular weight is 451 g/mol. The summed E-state index contributed by atoms with van der Waals surface area (Å²) in [6.45, 7) is 8.08. The van der Waals surface area contributed by atoms with Gasteiger partial charge < -0.3 is 13.9 Å².